The average Bonchev–Trinajstić information content (AvgIpc) is 4.16. The lowest BCUT2D eigenvalue weighted by molar-refractivity contribution is -0.142. The summed E-state index contributed by atoms with van der Waals surface area (Å²) in [6.07, 6.45) is -0.814. The molecule has 9 rings (SSSR count). The summed E-state index contributed by atoms with van der Waals surface area (Å²) >= 11 is 4.44. The lowest BCUT2D eigenvalue weighted by Crippen LogP contribution is -2.57. The van der Waals surface area contributed by atoms with Gasteiger partial charge in [-0.25, -0.2) is 9.97 Å². The molecule has 0 spiro atoms. The Bertz CT molecular complexity index is 3160. The highest BCUT2D eigenvalue weighted by atomic mass is 32.1. The predicted molar refractivity (Wildman–Crippen MR) is 269 cm³/mol. The number of thiazole rings is 2. The van der Waals surface area contributed by atoms with E-state index in [1.54, 1.807) is 22.7 Å². The van der Waals surface area contributed by atoms with Gasteiger partial charge in [-0.1, -0.05) is 75.4 Å². The van der Waals surface area contributed by atoms with Crippen molar-refractivity contribution in [2.75, 3.05) is 13.7 Å². The minimum Gasteiger partial charge on any atom is -0.469 e. The largest absolute Gasteiger partial charge is 0.469 e. The van der Waals surface area contributed by atoms with Gasteiger partial charge in [0.05, 0.1) is 57.7 Å². The number of thiophene rings is 1. The second kappa shape index (κ2) is 18.8. The first kappa shape index (κ1) is 47.6. The van der Waals surface area contributed by atoms with Crippen LogP contribution in [0.1, 0.15) is 107 Å². The number of aryl methyl sites for hydroxylation is 3. The summed E-state index contributed by atoms with van der Waals surface area (Å²) in [4.78, 5) is 72.7. The number of benzene rings is 3. The number of aromatic nitrogens is 5. The molecule has 3 aromatic carbocycles. The number of esters is 1. The van der Waals surface area contributed by atoms with Crippen molar-refractivity contribution in [2.45, 2.75) is 98.5 Å². The number of ether oxygens (including phenoxy) is 1. The fourth-order valence-corrected chi connectivity index (χ4v) is 11.9. The monoisotopic (exact) mass is 983 g/mol. The Kier molecular flexibility index (Phi) is 13.0. The average molecular weight is 984 g/mol. The maximum Gasteiger partial charge on any atom is 0.308 e. The van der Waals surface area contributed by atoms with E-state index in [4.69, 9.17) is 9.73 Å². The van der Waals surface area contributed by atoms with Crippen LogP contribution < -0.4 is 10.6 Å². The van der Waals surface area contributed by atoms with Crippen LogP contribution >= 0.6 is 34.0 Å². The first-order chi connectivity index (χ1) is 32.9. The summed E-state index contributed by atoms with van der Waals surface area (Å²) in [6.45, 7) is 15.4. The minimum atomic E-state index is -1.03. The number of hydrogen-bond acceptors (Lipinski definition) is 14. The molecule has 356 valence electrons. The van der Waals surface area contributed by atoms with Gasteiger partial charge in [-0.15, -0.1) is 44.2 Å². The van der Waals surface area contributed by atoms with Crippen molar-refractivity contribution in [3.05, 3.63) is 122 Å². The third kappa shape index (κ3) is 9.25. The van der Waals surface area contributed by atoms with Gasteiger partial charge < -0.3 is 25.4 Å². The maximum absolute atomic E-state index is 14.4. The van der Waals surface area contributed by atoms with Crippen LogP contribution in [0.4, 0.5) is 0 Å². The third-order valence-electron chi connectivity index (χ3n) is 12.9. The van der Waals surface area contributed by atoms with Crippen molar-refractivity contribution in [2.24, 2.45) is 10.4 Å². The molecule has 2 aliphatic heterocycles. The molecule has 18 heteroatoms. The van der Waals surface area contributed by atoms with E-state index in [1.807, 2.05) is 118 Å². The molecule has 3 N–H and O–H groups in total. The molecular formula is C51H53N9O6S3. The Hall–Kier alpha value is -6.47. The molecular weight excluding hydrogens is 931 g/mol. The number of aliphatic hydroxyl groups is 1. The van der Waals surface area contributed by atoms with Crippen LogP contribution in [0.5, 0.6) is 0 Å². The van der Waals surface area contributed by atoms with Gasteiger partial charge in [0, 0.05) is 29.0 Å². The summed E-state index contributed by atoms with van der Waals surface area (Å²) in [6, 6.07) is 18.9. The van der Waals surface area contributed by atoms with E-state index in [0.717, 1.165) is 69.8 Å². The number of carbonyl (C=O) groups excluding carboxylic acids is 4. The number of methoxy groups -OCH3 is 1. The number of rotatable bonds is 11. The summed E-state index contributed by atoms with van der Waals surface area (Å²) in [7, 11) is 1.36. The van der Waals surface area contributed by atoms with E-state index in [2.05, 4.69) is 44.6 Å². The zero-order chi connectivity index (χ0) is 49.1. The number of aliphatic hydroxyl groups excluding tert-OH is 1. The molecule has 2 aliphatic rings. The van der Waals surface area contributed by atoms with E-state index in [0.29, 0.717) is 17.2 Å². The molecule has 0 saturated carbocycles. The molecule has 6 heterocycles. The number of fused-ring (bicyclic) bond motifs is 4. The molecule has 5 atom stereocenters. The normalized spacial score (nSPS) is 17.7. The van der Waals surface area contributed by atoms with E-state index in [-0.39, 0.29) is 36.3 Å². The number of nitrogens with zero attached hydrogens (tertiary/aromatic N) is 7. The van der Waals surface area contributed by atoms with Crippen LogP contribution in [0.25, 0.3) is 36.8 Å². The van der Waals surface area contributed by atoms with Crippen LogP contribution in [-0.4, -0.2) is 96.0 Å². The number of hydrogen-bond donors (Lipinski definition) is 3. The minimum absolute atomic E-state index is 0.0125. The summed E-state index contributed by atoms with van der Waals surface area (Å²) in [5.74, 6) is -0.442. The molecule has 1 fully saturated rings. The van der Waals surface area contributed by atoms with Gasteiger partial charge in [-0.3, -0.25) is 28.7 Å². The highest BCUT2D eigenvalue weighted by Crippen LogP contribution is 2.40. The Morgan fingerprint density at radius 2 is 1.59 bits per heavy atom. The molecule has 0 bridgehead atoms. The number of nitrogens with one attached hydrogen (secondary N) is 2. The topological polar surface area (TPSA) is 194 Å². The highest BCUT2D eigenvalue weighted by molar-refractivity contribution is 7.20. The molecule has 4 aromatic heterocycles. The van der Waals surface area contributed by atoms with Gasteiger partial charge in [0.15, 0.2) is 10.8 Å². The van der Waals surface area contributed by atoms with Gasteiger partial charge in [0.25, 0.3) is 5.91 Å². The van der Waals surface area contributed by atoms with Crippen LogP contribution in [-0.2, 0) is 19.1 Å². The zero-order valence-electron chi connectivity index (χ0n) is 39.8. The van der Waals surface area contributed by atoms with Gasteiger partial charge >= 0.3 is 5.97 Å². The van der Waals surface area contributed by atoms with Crippen LogP contribution in [0, 0.1) is 33.1 Å². The van der Waals surface area contributed by atoms with E-state index in [9.17, 15) is 24.3 Å². The van der Waals surface area contributed by atoms with Crippen LogP contribution in [0.15, 0.2) is 77.2 Å². The predicted octanol–water partition coefficient (Wildman–Crippen LogP) is 8.40. The van der Waals surface area contributed by atoms with Crippen molar-refractivity contribution in [1.82, 2.24) is 40.3 Å². The quantitative estimate of drug-likeness (QED) is 0.106. The fourth-order valence-electron chi connectivity index (χ4n) is 9.00. The van der Waals surface area contributed by atoms with Gasteiger partial charge in [-0.2, -0.15) is 0 Å². The molecule has 7 aromatic rings. The van der Waals surface area contributed by atoms with E-state index >= 15 is 0 Å². The lowest BCUT2D eigenvalue weighted by atomic mass is 9.85. The second-order valence-corrected chi connectivity index (χ2v) is 21.8. The first-order valence-corrected chi connectivity index (χ1v) is 25.2. The molecule has 0 radical (unpaired) electrons. The molecule has 3 amide bonds. The number of aliphatic imine (C=N–C) groups is 1. The zero-order valence-corrected chi connectivity index (χ0v) is 42.2. The van der Waals surface area contributed by atoms with Gasteiger partial charge in [-0.05, 0) is 80.0 Å². The maximum atomic E-state index is 14.4. The Morgan fingerprint density at radius 1 is 0.899 bits per heavy atom. The molecule has 1 saturated heterocycles. The van der Waals surface area contributed by atoms with Crippen molar-refractivity contribution in [3.63, 3.8) is 0 Å². The van der Waals surface area contributed by atoms with Crippen molar-refractivity contribution < 1.29 is 29.0 Å². The number of carbonyl (C=O) groups is 4. The highest BCUT2D eigenvalue weighted by Gasteiger charge is 2.45. The Morgan fingerprint density at radius 3 is 2.28 bits per heavy atom. The van der Waals surface area contributed by atoms with E-state index < -0.39 is 47.4 Å². The molecule has 15 nitrogen and oxygen atoms in total. The smallest absolute Gasteiger partial charge is 0.308 e. The number of amides is 3. The summed E-state index contributed by atoms with van der Waals surface area (Å²) < 4.78 is 7.83. The van der Waals surface area contributed by atoms with Crippen molar-refractivity contribution >= 4 is 73.6 Å². The van der Waals surface area contributed by atoms with Gasteiger partial charge in [0.1, 0.15) is 29.0 Å². The first-order valence-electron chi connectivity index (χ1n) is 22.7. The Balaban J connectivity index is 0.914. The summed E-state index contributed by atoms with van der Waals surface area (Å²) in [5.41, 5.74) is 10.1. The Labute approximate surface area is 411 Å². The SMILES string of the molecule is COC(=O)C[C@@H]1N=C(c2ccc(-c3ccc4nc(C(=O)NC(C(=O)N5C[C@H](O)C[C@H]5C(=O)N[C@@H](C)c5ccc(-c6scnc6C)cc5)C(C)(C)C)sc4c3)cc2)c2c(sc(C)c2C)-n2c(C)nnc21. The van der Waals surface area contributed by atoms with Crippen molar-refractivity contribution in [3.8, 4) is 26.6 Å². The lowest BCUT2D eigenvalue weighted by Gasteiger charge is -2.35. The van der Waals surface area contributed by atoms with Crippen LogP contribution in [0.2, 0.25) is 0 Å². The molecule has 1 unspecified atom stereocenters. The fraction of sp³-hybridized carbons (Fsp3) is 0.353. The molecule has 0 aliphatic carbocycles. The third-order valence-corrected chi connectivity index (χ3v) is 16.1. The van der Waals surface area contributed by atoms with Crippen LogP contribution in [0.3, 0.4) is 0 Å². The standard InChI is InChI=1S/C51H53N9O6S3/c1-25-28(4)68-50-41(25)42(54-37(22-40(62)66-9)45-58-57-29(5)60(45)50)32-14-12-31(13-15-32)34-18-19-36-39(20-34)69-48(55-36)47(64)56-44(51(6,7)8)49(65)59-23-35(61)21-38(59)46(63)53-26(2)30-10-16-33(17-11-30)43-27(3)52-24-67-43/h10-20,24,26,35,37-38,44,61H,21-23H2,1-9H3,(H,53,63)(H,56,64)/t26-,35+,37-,38-,44?/m0/s1. The summed E-state index contributed by atoms with van der Waals surface area (Å²) in [5, 5.41) is 26.8. The van der Waals surface area contributed by atoms with Crippen molar-refractivity contribution in [1.29, 1.82) is 0 Å². The number of likely N-dealkylation sites (tertiary alicyclic amines) is 1. The molecule has 69 heavy (non-hydrogen) atoms. The van der Waals surface area contributed by atoms with E-state index in [1.165, 1.54) is 23.3 Å². The second-order valence-electron chi connectivity index (χ2n) is 18.7. The number of β-amino-alcohol motifs (C(OH)–C–C–N with tert-alkyl or cyclic N) is 1. The van der Waals surface area contributed by atoms with Gasteiger partial charge in [0.2, 0.25) is 11.8 Å².